The van der Waals surface area contributed by atoms with Crippen molar-refractivity contribution in [3.05, 3.63) is 25.1 Å². The molecule has 0 bridgehead atoms. The van der Waals surface area contributed by atoms with Gasteiger partial charge >= 0.3 is 144 Å². The van der Waals surface area contributed by atoms with Crippen LogP contribution in [-0.4, -0.2) is 58.7 Å². The maximum absolute atomic E-state index is 12.2. The van der Waals surface area contributed by atoms with Gasteiger partial charge in [0, 0.05) is 0 Å². The average molecular weight is 798 g/mol. The van der Waals surface area contributed by atoms with E-state index in [0.29, 0.717) is 0 Å². The fourth-order valence-corrected chi connectivity index (χ4v) is 1.03. The van der Waals surface area contributed by atoms with E-state index in [0.717, 1.165) is 0 Å². The van der Waals surface area contributed by atoms with Gasteiger partial charge in [-0.05, 0) is 6.58 Å². The smallest absolute Gasteiger partial charge is 0.791 e. The van der Waals surface area contributed by atoms with Crippen LogP contribution in [0.1, 0.15) is 13.8 Å². The molecule has 0 atom stereocenters. The molecule has 0 aromatic carbocycles. The van der Waals surface area contributed by atoms with E-state index < -0.39 is 70.2 Å². The number of hydrogen-bond acceptors (Lipinski definition) is 10. The summed E-state index contributed by atoms with van der Waals surface area (Å²) in [6.07, 6.45) is -38.7. The summed E-state index contributed by atoms with van der Waals surface area (Å²) in [5, 5.41) is 9.40. The van der Waals surface area contributed by atoms with Crippen LogP contribution in [0.25, 0.3) is 0 Å². The third-order valence-electron chi connectivity index (χ3n) is 1.58. The van der Waals surface area contributed by atoms with E-state index in [-0.39, 0.29) is 103 Å². The molecule has 0 aromatic heterocycles. The summed E-state index contributed by atoms with van der Waals surface area (Å²) in [6.45, 7) is 8.26. The Morgan fingerprint density at radius 1 is 0.659 bits per heavy atom. The van der Waals surface area contributed by atoms with E-state index in [4.69, 9.17) is 13.0 Å². The number of ether oxygens (including phenoxy) is 3. The summed E-state index contributed by atoms with van der Waals surface area (Å²) in [6, 6.07) is 0. The largest absolute Gasteiger partial charge is 1.00 e. The van der Waals surface area contributed by atoms with Crippen LogP contribution in [-0.2, 0) is 39.4 Å². The number of alkyl halides is 13. The first-order valence-corrected chi connectivity index (χ1v) is 10.8. The number of rotatable bonds is 9. The molecule has 0 radical (unpaired) electrons. The van der Waals surface area contributed by atoms with Gasteiger partial charge in [-0.1, -0.05) is 24.3 Å². The molecule has 0 saturated heterocycles. The summed E-state index contributed by atoms with van der Waals surface area (Å²) < 4.78 is 257. The maximum Gasteiger partial charge on any atom is 1.00 e. The van der Waals surface area contributed by atoms with Crippen LogP contribution < -0.4 is 108 Å². The minimum Gasteiger partial charge on any atom is -0.791 e. The molecule has 0 unspecified atom stereocenters. The SMILES string of the molecule is C=C(F)C(F)(F)OS(=O)(=O)F.C=C(F)F.CC.O=S(=O)([O-])F.[K+].[K+].[O-]C(F)(F)C(F)(F)OC(F)(F)OC(F)(F)OC(F)(F)F. The Bertz CT molecular complexity index is 1020. The quantitative estimate of drug-likeness (QED) is 0.0968. The van der Waals surface area contributed by atoms with E-state index in [2.05, 4.69) is 10.8 Å². The predicted molar refractivity (Wildman–Crippen MR) is 88.9 cm³/mol. The molecule has 0 aliphatic carbocycles. The van der Waals surface area contributed by atoms with Crippen molar-refractivity contribution in [1.29, 1.82) is 0 Å². The Morgan fingerprint density at radius 2 is 0.909 bits per heavy atom. The molecule has 258 valence electrons. The Kier molecular flexibility index (Phi) is 32.3. The molecule has 0 spiro atoms. The van der Waals surface area contributed by atoms with Crippen molar-refractivity contribution >= 4 is 21.0 Å². The van der Waals surface area contributed by atoms with Gasteiger partial charge in [-0.25, -0.2) is 31.1 Å². The van der Waals surface area contributed by atoms with E-state index in [1.807, 2.05) is 20.4 Å². The molecule has 0 fully saturated rings. The molecule has 0 N–H and O–H groups in total. The third kappa shape index (κ3) is 47.6. The second-order valence-electron chi connectivity index (χ2n) is 4.84. The molecule has 0 aliphatic rings. The van der Waals surface area contributed by atoms with Gasteiger partial charge in [0.25, 0.3) is 22.7 Å². The first-order chi connectivity index (χ1) is 17.8. The minimum atomic E-state index is -6.56. The zero-order valence-electron chi connectivity index (χ0n) is 21.1. The van der Waals surface area contributed by atoms with E-state index >= 15 is 0 Å². The fourth-order valence-electron chi connectivity index (χ4n) is 0.694. The molecule has 0 heterocycles. The zero-order chi connectivity index (χ0) is 36.0. The molecular formula is C12H10F18K2O10S2. The van der Waals surface area contributed by atoms with Gasteiger partial charge in [-0.2, -0.15) is 43.7 Å². The summed E-state index contributed by atoms with van der Waals surface area (Å²) in [7, 11) is -11.3. The van der Waals surface area contributed by atoms with Crippen molar-refractivity contribution < 1.29 is 226 Å². The van der Waals surface area contributed by atoms with Crippen LogP contribution in [0.4, 0.5) is 78.0 Å². The molecular weight excluding hydrogens is 788 g/mol. The summed E-state index contributed by atoms with van der Waals surface area (Å²) in [4.78, 5) is 0. The van der Waals surface area contributed by atoms with Crippen LogP contribution >= 0.6 is 0 Å². The molecule has 0 saturated carbocycles. The molecule has 44 heavy (non-hydrogen) atoms. The monoisotopic (exact) mass is 798 g/mol. The van der Waals surface area contributed by atoms with Crippen molar-refractivity contribution in [1.82, 2.24) is 0 Å². The van der Waals surface area contributed by atoms with Gasteiger partial charge in [-0.15, -0.1) is 34.6 Å². The van der Waals surface area contributed by atoms with Gasteiger partial charge in [0.1, 0.15) is 0 Å². The van der Waals surface area contributed by atoms with Gasteiger partial charge < -0.3 is 9.66 Å². The van der Waals surface area contributed by atoms with Gasteiger partial charge in [-0.3, -0.25) is 0 Å². The Morgan fingerprint density at radius 3 is 1.07 bits per heavy atom. The summed E-state index contributed by atoms with van der Waals surface area (Å²) >= 11 is 0. The van der Waals surface area contributed by atoms with E-state index in [1.165, 1.54) is 0 Å². The average Bonchev–Trinajstić information content (AvgIpc) is 2.54. The van der Waals surface area contributed by atoms with Gasteiger partial charge in [0.05, 0.1) is 0 Å². The van der Waals surface area contributed by atoms with Crippen LogP contribution in [0.5, 0.6) is 0 Å². The fraction of sp³-hybridized carbons (Fsp3) is 0.667. The van der Waals surface area contributed by atoms with Crippen LogP contribution in [0.15, 0.2) is 25.1 Å². The zero-order valence-corrected chi connectivity index (χ0v) is 29.0. The first kappa shape index (κ1) is 60.5. The minimum absolute atomic E-state index is 0. The molecule has 32 heteroatoms. The van der Waals surface area contributed by atoms with Crippen LogP contribution in [0.2, 0.25) is 0 Å². The topological polar surface area (TPSA) is 151 Å². The first-order valence-electron chi connectivity index (χ1n) is 8.17. The predicted octanol–water partition coefficient (Wildman–Crippen LogP) is -0.657. The Hall–Kier alpha value is 1.15. The normalized spacial score (nSPS) is 12.4. The second kappa shape index (κ2) is 23.5. The van der Waals surface area contributed by atoms with Crippen molar-refractivity contribution in [2.45, 2.75) is 51.1 Å². The van der Waals surface area contributed by atoms with Gasteiger partial charge in [0.2, 0.25) is 0 Å². The van der Waals surface area contributed by atoms with Crippen molar-refractivity contribution in [2.75, 3.05) is 0 Å². The summed E-state index contributed by atoms with van der Waals surface area (Å²) in [5.41, 5.74) is 0. The van der Waals surface area contributed by atoms with Gasteiger partial charge in [0.15, 0.2) is 5.83 Å². The summed E-state index contributed by atoms with van der Waals surface area (Å²) in [5.74, 6) is -2.39. The Labute approximate surface area is 319 Å². The molecule has 0 amide bonds. The van der Waals surface area contributed by atoms with E-state index in [1.54, 1.807) is 14.2 Å². The third-order valence-corrected chi connectivity index (χ3v) is 1.99. The number of halogens is 18. The number of hydrogen-bond donors (Lipinski definition) is 0. The molecule has 0 aromatic rings. The maximum atomic E-state index is 12.2. The Balaban J connectivity index is -0.0000000959. The van der Waals surface area contributed by atoms with Crippen LogP contribution in [0, 0.1) is 0 Å². The van der Waals surface area contributed by atoms with Crippen LogP contribution in [0.3, 0.4) is 0 Å². The molecule has 0 rings (SSSR count). The van der Waals surface area contributed by atoms with E-state index in [9.17, 15) is 91.5 Å². The van der Waals surface area contributed by atoms with Crippen molar-refractivity contribution in [3.8, 4) is 0 Å². The van der Waals surface area contributed by atoms with Crippen molar-refractivity contribution in [2.24, 2.45) is 0 Å². The molecule has 0 aliphatic heterocycles. The standard InChI is InChI=1S/C5F11O4.C3H2F4O3S.C2H2F2.C2H6.FHO3S.2K/c6-1(7,17)2(8,9)18-4(13,14)20-5(15,16)19-3(10,11)12;1-2(4)3(5,6)10-11(7,8)9;1-2(3)4;1-2;1-5(2,3)4;;/h;1H2;1H2;1-2H3;(H,2,3,4);;/q-1;;;;;2*+1/p-1. The van der Waals surface area contributed by atoms with Crippen molar-refractivity contribution in [3.63, 3.8) is 0 Å². The second-order valence-corrected chi connectivity index (χ2v) is 6.58. The molecule has 10 nitrogen and oxygen atoms in total.